The largest absolute Gasteiger partial charge is 0.435 e. The van der Waals surface area contributed by atoms with Gasteiger partial charge in [-0.2, -0.15) is 0 Å². The highest BCUT2D eigenvalue weighted by Gasteiger charge is 2.25. The summed E-state index contributed by atoms with van der Waals surface area (Å²) in [5.41, 5.74) is 7.42. The third-order valence-electron chi connectivity index (χ3n) is 4.87. The predicted molar refractivity (Wildman–Crippen MR) is 121 cm³/mol. The standard InChI is InChI=1S/C21H26B2N2O2/c1-7-11-13-17-15(6)25(23-27)19(10-4)21(17)20-16(12-8-2)14(5)24(22-26)18(20)9-3/h7-13,22-23,26-27H,1,3-4H2,2,5-6H3/b12-8-,13-11-. The molecule has 0 aliphatic carbocycles. The number of nitrogens with zero attached hydrogens (tertiary/aromatic N) is 2. The fourth-order valence-corrected chi connectivity index (χ4v) is 3.61. The zero-order valence-corrected chi connectivity index (χ0v) is 16.4. The third kappa shape index (κ3) is 3.34. The lowest BCUT2D eigenvalue weighted by Crippen LogP contribution is -2.09. The average Bonchev–Trinajstić information content (AvgIpc) is 3.09. The SMILES string of the molecule is C=C/C=C\c1c(-c2c(/C=C\C)c(C)n(BO)c2C=C)c(C=C)n(BO)c1C. The Kier molecular flexibility index (Phi) is 6.72. The minimum Gasteiger partial charge on any atom is -0.435 e. The van der Waals surface area contributed by atoms with Crippen molar-refractivity contribution in [3.8, 4) is 11.1 Å². The number of rotatable bonds is 8. The summed E-state index contributed by atoms with van der Waals surface area (Å²) in [5, 5.41) is 19.9. The molecular formula is C21H26B2N2O2. The normalized spacial score (nSPS) is 11.3. The van der Waals surface area contributed by atoms with Gasteiger partial charge in [-0.25, -0.2) is 0 Å². The summed E-state index contributed by atoms with van der Waals surface area (Å²) in [5.74, 6) is 0. The zero-order chi connectivity index (χ0) is 20.1. The molecule has 0 bridgehead atoms. The Labute approximate surface area is 162 Å². The summed E-state index contributed by atoms with van der Waals surface area (Å²) in [6.45, 7) is 17.6. The third-order valence-corrected chi connectivity index (χ3v) is 4.87. The maximum Gasteiger partial charge on any atom is 0.398 e. The molecule has 0 fully saturated rings. The topological polar surface area (TPSA) is 50.3 Å². The first-order chi connectivity index (χ1) is 13.0. The molecule has 0 radical (unpaired) electrons. The van der Waals surface area contributed by atoms with Gasteiger partial charge in [0.15, 0.2) is 0 Å². The van der Waals surface area contributed by atoms with Gasteiger partial charge in [-0.1, -0.05) is 50.1 Å². The smallest absolute Gasteiger partial charge is 0.398 e. The fourth-order valence-electron chi connectivity index (χ4n) is 3.61. The van der Waals surface area contributed by atoms with Gasteiger partial charge in [0.05, 0.1) is 0 Å². The second kappa shape index (κ2) is 8.80. The Bertz CT molecular complexity index is 947. The van der Waals surface area contributed by atoms with Crippen LogP contribution < -0.4 is 0 Å². The van der Waals surface area contributed by atoms with E-state index in [4.69, 9.17) is 0 Å². The van der Waals surface area contributed by atoms with Gasteiger partial charge in [0.1, 0.15) is 0 Å². The maximum atomic E-state index is 9.94. The molecule has 0 aromatic carbocycles. The lowest BCUT2D eigenvalue weighted by Gasteiger charge is -2.09. The van der Waals surface area contributed by atoms with Gasteiger partial charge in [0.2, 0.25) is 0 Å². The van der Waals surface area contributed by atoms with Crippen LogP contribution in [0.25, 0.3) is 35.4 Å². The molecule has 0 aliphatic heterocycles. The Morgan fingerprint density at radius 3 is 1.59 bits per heavy atom. The molecule has 6 heteroatoms. The van der Waals surface area contributed by atoms with Gasteiger partial charge in [0, 0.05) is 45.0 Å². The molecule has 0 saturated heterocycles. The lowest BCUT2D eigenvalue weighted by molar-refractivity contribution is 0.586. The van der Waals surface area contributed by atoms with Gasteiger partial charge in [-0.05, 0) is 32.9 Å². The Morgan fingerprint density at radius 1 is 0.815 bits per heavy atom. The molecule has 138 valence electrons. The van der Waals surface area contributed by atoms with E-state index in [1.54, 1.807) is 18.2 Å². The van der Waals surface area contributed by atoms with Gasteiger partial charge in [0.25, 0.3) is 0 Å². The van der Waals surface area contributed by atoms with E-state index in [1.165, 1.54) is 0 Å². The van der Waals surface area contributed by atoms with Crippen LogP contribution in [0.1, 0.15) is 40.8 Å². The van der Waals surface area contributed by atoms with Crippen LogP contribution in [0.15, 0.2) is 38.0 Å². The van der Waals surface area contributed by atoms with Crippen molar-refractivity contribution in [2.45, 2.75) is 20.8 Å². The lowest BCUT2D eigenvalue weighted by atomic mass is 9.94. The van der Waals surface area contributed by atoms with Crippen molar-refractivity contribution < 1.29 is 10.0 Å². The number of allylic oxidation sites excluding steroid dienone is 3. The molecular weight excluding hydrogens is 334 g/mol. The van der Waals surface area contributed by atoms with E-state index in [0.29, 0.717) is 0 Å². The van der Waals surface area contributed by atoms with Crippen molar-refractivity contribution >= 4 is 39.5 Å². The van der Waals surface area contributed by atoms with E-state index in [9.17, 15) is 10.0 Å². The monoisotopic (exact) mass is 360 g/mol. The molecule has 2 N–H and O–H groups in total. The highest BCUT2D eigenvalue weighted by Crippen LogP contribution is 2.41. The van der Waals surface area contributed by atoms with Crippen LogP contribution in [-0.2, 0) is 0 Å². The predicted octanol–water partition coefficient (Wildman–Crippen LogP) is 3.31. The van der Waals surface area contributed by atoms with E-state index in [0.717, 1.165) is 45.0 Å². The molecule has 0 atom stereocenters. The van der Waals surface area contributed by atoms with Crippen molar-refractivity contribution in [2.24, 2.45) is 0 Å². The van der Waals surface area contributed by atoms with Gasteiger partial charge in [-0.3, -0.25) is 0 Å². The molecule has 2 heterocycles. The fraction of sp³-hybridized carbons (Fsp3) is 0.143. The summed E-state index contributed by atoms with van der Waals surface area (Å²) in [6, 6.07) is 0. The second-order valence-electron chi connectivity index (χ2n) is 6.16. The van der Waals surface area contributed by atoms with Crippen LogP contribution in [0.5, 0.6) is 0 Å². The minimum atomic E-state index is -0.149. The van der Waals surface area contributed by atoms with Crippen LogP contribution in [0.4, 0.5) is 0 Å². The molecule has 2 aromatic rings. The average molecular weight is 360 g/mol. The second-order valence-corrected chi connectivity index (χ2v) is 6.16. The molecule has 0 spiro atoms. The number of hydrogen-bond donors (Lipinski definition) is 2. The molecule has 0 saturated carbocycles. The van der Waals surface area contributed by atoms with Crippen LogP contribution >= 0.6 is 0 Å². The number of hydrogen-bond acceptors (Lipinski definition) is 2. The minimum absolute atomic E-state index is 0.140. The molecule has 0 unspecified atom stereocenters. The maximum absolute atomic E-state index is 9.94. The van der Waals surface area contributed by atoms with E-state index < -0.39 is 0 Å². The Morgan fingerprint density at radius 2 is 1.26 bits per heavy atom. The molecule has 4 nitrogen and oxygen atoms in total. The highest BCUT2D eigenvalue weighted by molar-refractivity contribution is 6.26. The van der Waals surface area contributed by atoms with E-state index in [-0.39, 0.29) is 15.2 Å². The Hall–Kier alpha value is -2.69. The van der Waals surface area contributed by atoms with Crippen molar-refractivity contribution in [1.29, 1.82) is 0 Å². The van der Waals surface area contributed by atoms with E-state index >= 15 is 0 Å². The quantitative estimate of drug-likeness (QED) is 0.561. The number of aromatic nitrogens is 2. The summed E-state index contributed by atoms with van der Waals surface area (Å²) in [7, 11) is -0.289. The molecule has 2 rings (SSSR count). The summed E-state index contributed by atoms with van der Waals surface area (Å²) >= 11 is 0. The molecule has 0 aliphatic rings. The zero-order valence-electron chi connectivity index (χ0n) is 16.4. The first-order valence-corrected chi connectivity index (χ1v) is 8.87. The Balaban J connectivity index is 3.10. The molecule has 27 heavy (non-hydrogen) atoms. The van der Waals surface area contributed by atoms with E-state index in [1.807, 2.05) is 54.0 Å². The van der Waals surface area contributed by atoms with Gasteiger partial charge in [-0.15, -0.1) is 0 Å². The van der Waals surface area contributed by atoms with Crippen LogP contribution in [0, 0.1) is 13.8 Å². The van der Waals surface area contributed by atoms with Crippen LogP contribution in [0.2, 0.25) is 0 Å². The van der Waals surface area contributed by atoms with Crippen LogP contribution in [0.3, 0.4) is 0 Å². The summed E-state index contributed by atoms with van der Waals surface area (Å²) in [6.07, 6.45) is 13.1. The van der Waals surface area contributed by atoms with Gasteiger partial charge < -0.3 is 19.0 Å². The van der Waals surface area contributed by atoms with Crippen molar-refractivity contribution in [3.63, 3.8) is 0 Å². The summed E-state index contributed by atoms with van der Waals surface area (Å²) in [4.78, 5) is 0. The van der Waals surface area contributed by atoms with Gasteiger partial charge >= 0.3 is 15.2 Å². The summed E-state index contributed by atoms with van der Waals surface area (Å²) < 4.78 is 3.65. The van der Waals surface area contributed by atoms with Crippen LogP contribution in [-0.4, -0.2) is 34.2 Å². The highest BCUT2D eigenvalue weighted by atomic mass is 16.2. The van der Waals surface area contributed by atoms with Crippen molar-refractivity contribution in [2.75, 3.05) is 0 Å². The first kappa shape index (κ1) is 20.6. The van der Waals surface area contributed by atoms with E-state index in [2.05, 4.69) is 19.7 Å². The van der Waals surface area contributed by atoms with Crippen molar-refractivity contribution in [3.05, 3.63) is 71.9 Å². The van der Waals surface area contributed by atoms with Crippen molar-refractivity contribution in [1.82, 2.24) is 8.96 Å². The first-order valence-electron chi connectivity index (χ1n) is 8.87. The molecule has 0 amide bonds. The molecule has 2 aromatic heterocycles.